The Hall–Kier alpha value is -0.750. The summed E-state index contributed by atoms with van der Waals surface area (Å²) in [5.41, 5.74) is 10.2. The van der Waals surface area contributed by atoms with Crippen molar-refractivity contribution < 1.29 is 13.2 Å². The summed E-state index contributed by atoms with van der Waals surface area (Å²) >= 11 is 2.86. The average molecular weight is 269 g/mol. The third-order valence-corrected chi connectivity index (χ3v) is 2.63. The lowest BCUT2D eigenvalue weighted by atomic mass is 10.1. The van der Waals surface area contributed by atoms with Crippen molar-refractivity contribution in [1.82, 2.24) is 0 Å². The Morgan fingerprint density at radius 2 is 1.86 bits per heavy atom. The molecule has 0 spiro atoms. The number of benzene rings is 1. The second kappa shape index (κ2) is 3.78. The van der Waals surface area contributed by atoms with E-state index < -0.39 is 11.7 Å². The molecule has 1 aromatic carbocycles. The lowest BCUT2D eigenvalue weighted by Gasteiger charge is -2.12. The van der Waals surface area contributed by atoms with Crippen molar-refractivity contribution in [3.63, 3.8) is 0 Å². The minimum atomic E-state index is -4.42. The number of halogens is 4. The molecule has 0 fully saturated rings. The zero-order valence-corrected chi connectivity index (χ0v) is 8.61. The van der Waals surface area contributed by atoms with Gasteiger partial charge in [-0.3, -0.25) is 0 Å². The normalized spacial score (nSPS) is 11.8. The van der Waals surface area contributed by atoms with Gasteiger partial charge in [-0.2, -0.15) is 13.2 Å². The maximum atomic E-state index is 12.4. The van der Waals surface area contributed by atoms with Gasteiger partial charge < -0.3 is 11.5 Å². The molecule has 0 aliphatic heterocycles. The summed E-state index contributed by atoms with van der Waals surface area (Å²) in [7, 11) is 0. The fraction of sp³-hybridized carbons (Fsp3) is 0.250. The third kappa shape index (κ3) is 2.19. The highest BCUT2D eigenvalue weighted by Crippen LogP contribution is 2.37. The van der Waals surface area contributed by atoms with Crippen molar-refractivity contribution in [2.45, 2.75) is 12.7 Å². The molecule has 6 heteroatoms. The Bertz CT molecular complexity index is 349. The van der Waals surface area contributed by atoms with Crippen LogP contribution in [0, 0.1) is 0 Å². The molecule has 2 nitrogen and oxygen atoms in total. The Morgan fingerprint density at radius 1 is 1.29 bits per heavy atom. The molecule has 1 aromatic rings. The first-order valence-electron chi connectivity index (χ1n) is 3.71. The van der Waals surface area contributed by atoms with E-state index in [-0.39, 0.29) is 16.7 Å². The highest BCUT2D eigenvalue weighted by Gasteiger charge is 2.34. The van der Waals surface area contributed by atoms with Crippen LogP contribution in [-0.2, 0) is 12.7 Å². The maximum absolute atomic E-state index is 12.4. The second-order valence-electron chi connectivity index (χ2n) is 2.74. The average Bonchev–Trinajstić information content (AvgIpc) is 2.06. The van der Waals surface area contributed by atoms with Crippen LogP contribution in [0.15, 0.2) is 16.6 Å². The van der Waals surface area contributed by atoms with Crippen molar-refractivity contribution in [3.05, 3.63) is 27.7 Å². The predicted molar refractivity (Wildman–Crippen MR) is 51.4 cm³/mol. The van der Waals surface area contributed by atoms with Gasteiger partial charge in [-0.05, 0) is 33.6 Å². The molecule has 0 bridgehead atoms. The zero-order valence-electron chi connectivity index (χ0n) is 7.03. The predicted octanol–water partition coefficient (Wildman–Crippen LogP) is 2.51. The number of hydrogen-bond donors (Lipinski definition) is 2. The van der Waals surface area contributed by atoms with Gasteiger partial charge in [0, 0.05) is 16.7 Å². The Balaban J connectivity index is 3.37. The summed E-state index contributed by atoms with van der Waals surface area (Å²) < 4.78 is 37.2. The SMILES string of the molecule is NCc1cc(N)cc(C(F)(F)F)c1Br. The van der Waals surface area contributed by atoms with Crippen LogP contribution in [0.2, 0.25) is 0 Å². The summed E-state index contributed by atoms with van der Waals surface area (Å²) in [6.07, 6.45) is -4.42. The quantitative estimate of drug-likeness (QED) is 0.769. The third-order valence-electron chi connectivity index (χ3n) is 1.70. The molecule has 0 aliphatic rings. The fourth-order valence-electron chi connectivity index (χ4n) is 1.06. The molecule has 78 valence electrons. The number of rotatable bonds is 1. The Kier molecular flexibility index (Phi) is 3.06. The van der Waals surface area contributed by atoms with Crippen LogP contribution in [0.3, 0.4) is 0 Å². The van der Waals surface area contributed by atoms with Crippen LogP contribution < -0.4 is 11.5 Å². The van der Waals surface area contributed by atoms with E-state index in [9.17, 15) is 13.2 Å². The van der Waals surface area contributed by atoms with Gasteiger partial charge in [-0.25, -0.2) is 0 Å². The Labute approximate surface area is 87.2 Å². The fourth-order valence-corrected chi connectivity index (χ4v) is 1.68. The van der Waals surface area contributed by atoms with Crippen LogP contribution >= 0.6 is 15.9 Å². The van der Waals surface area contributed by atoms with Crippen molar-refractivity contribution >= 4 is 21.6 Å². The monoisotopic (exact) mass is 268 g/mol. The van der Waals surface area contributed by atoms with E-state index in [4.69, 9.17) is 11.5 Å². The maximum Gasteiger partial charge on any atom is 0.417 e. The molecule has 0 amide bonds. The van der Waals surface area contributed by atoms with E-state index in [1.54, 1.807) is 0 Å². The number of hydrogen-bond acceptors (Lipinski definition) is 2. The summed E-state index contributed by atoms with van der Waals surface area (Å²) in [4.78, 5) is 0. The molecule has 0 radical (unpaired) electrons. The molecule has 0 aromatic heterocycles. The minimum Gasteiger partial charge on any atom is -0.399 e. The molecule has 0 atom stereocenters. The van der Waals surface area contributed by atoms with Gasteiger partial charge in [-0.15, -0.1) is 0 Å². The molecule has 0 heterocycles. The second-order valence-corrected chi connectivity index (χ2v) is 3.54. The van der Waals surface area contributed by atoms with E-state index >= 15 is 0 Å². The molecule has 1 rings (SSSR count). The number of nitrogens with two attached hydrogens (primary N) is 2. The van der Waals surface area contributed by atoms with Gasteiger partial charge in [0.2, 0.25) is 0 Å². The zero-order chi connectivity index (χ0) is 10.9. The first-order chi connectivity index (χ1) is 6.36. The van der Waals surface area contributed by atoms with Gasteiger partial charge in [0.25, 0.3) is 0 Å². The first-order valence-corrected chi connectivity index (χ1v) is 4.50. The van der Waals surface area contributed by atoms with Gasteiger partial charge in [0.1, 0.15) is 0 Å². The van der Waals surface area contributed by atoms with Crippen molar-refractivity contribution in [3.8, 4) is 0 Å². The summed E-state index contributed by atoms with van der Waals surface area (Å²) in [5, 5.41) is 0. The molecule has 14 heavy (non-hydrogen) atoms. The highest BCUT2D eigenvalue weighted by molar-refractivity contribution is 9.10. The van der Waals surface area contributed by atoms with E-state index in [1.165, 1.54) is 6.07 Å². The lowest BCUT2D eigenvalue weighted by Crippen LogP contribution is -2.10. The standard InChI is InChI=1S/C8H8BrF3N2/c9-7-4(3-13)1-5(14)2-6(7)8(10,11)12/h1-2H,3,13-14H2. The summed E-state index contributed by atoms with van der Waals surface area (Å²) in [5.74, 6) is 0. The molecular weight excluding hydrogens is 261 g/mol. The van der Waals surface area contributed by atoms with Gasteiger partial charge in [0.15, 0.2) is 0 Å². The van der Waals surface area contributed by atoms with Gasteiger partial charge in [-0.1, -0.05) is 0 Å². The minimum absolute atomic E-state index is 0.00863. The number of anilines is 1. The van der Waals surface area contributed by atoms with Crippen molar-refractivity contribution in [2.24, 2.45) is 5.73 Å². The smallest absolute Gasteiger partial charge is 0.399 e. The van der Waals surface area contributed by atoms with Crippen LogP contribution in [0.25, 0.3) is 0 Å². The molecule has 0 aliphatic carbocycles. The lowest BCUT2D eigenvalue weighted by molar-refractivity contribution is -0.138. The molecule has 0 saturated carbocycles. The van der Waals surface area contributed by atoms with Crippen LogP contribution in [0.5, 0.6) is 0 Å². The first kappa shape index (κ1) is 11.3. The van der Waals surface area contributed by atoms with E-state index in [2.05, 4.69) is 15.9 Å². The number of nitrogen functional groups attached to an aromatic ring is 1. The summed E-state index contributed by atoms with van der Waals surface area (Å²) in [6.45, 7) is 0.00863. The molecule has 0 unspecified atom stereocenters. The molecular formula is C8H8BrF3N2. The highest BCUT2D eigenvalue weighted by atomic mass is 79.9. The largest absolute Gasteiger partial charge is 0.417 e. The van der Waals surface area contributed by atoms with E-state index in [0.29, 0.717) is 5.56 Å². The van der Waals surface area contributed by atoms with Gasteiger partial charge in [0.05, 0.1) is 5.56 Å². The summed E-state index contributed by atoms with van der Waals surface area (Å²) in [6, 6.07) is 2.29. The number of alkyl halides is 3. The van der Waals surface area contributed by atoms with E-state index in [0.717, 1.165) is 6.07 Å². The van der Waals surface area contributed by atoms with Crippen LogP contribution in [0.4, 0.5) is 18.9 Å². The van der Waals surface area contributed by atoms with Crippen molar-refractivity contribution in [1.29, 1.82) is 0 Å². The molecule has 0 saturated heterocycles. The topological polar surface area (TPSA) is 52.0 Å². The van der Waals surface area contributed by atoms with E-state index in [1.807, 2.05) is 0 Å². The van der Waals surface area contributed by atoms with Crippen LogP contribution in [0.1, 0.15) is 11.1 Å². The van der Waals surface area contributed by atoms with Crippen LogP contribution in [-0.4, -0.2) is 0 Å². The Morgan fingerprint density at radius 3 is 2.29 bits per heavy atom. The molecule has 4 N–H and O–H groups in total. The van der Waals surface area contributed by atoms with Crippen molar-refractivity contribution in [2.75, 3.05) is 5.73 Å². The van der Waals surface area contributed by atoms with Gasteiger partial charge >= 0.3 is 6.18 Å².